The van der Waals surface area contributed by atoms with Gasteiger partial charge in [0.15, 0.2) is 10.0 Å². The number of hydrogen-bond donors (Lipinski definition) is 4. The molecule has 4 atom stereocenters. The third kappa shape index (κ3) is 8.72. The van der Waals surface area contributed by atoms with E-state index >= 15 is 0 Å². The van der Waals surface area contributed by atoms with Crippen LogP contribution < -0.4 is 10.6 Å². The Balaban J connectivity index is 1.12. The third-order valence-electron chi connectivity index (χ3n) is 9.39. The van der Waals surface area contributed by atoms with Crippen molar-refractivity contribution in [2.24, 2.45) is 0 Å². The minimum atomic E-state index is -0.782. The number of aromatic amines is 2. The molecule has 6 heterocycles. The Morgan fingerprint density at radius 2 is 1.13 bits per heavy atom. The van der Waals surface area contributed by atoms with Crippen LogP contribution in [0.4, 0.5) is 9.59 Å². The molecular formula is C34H44N10O8S2. The van der Waals surface area contributed by atoms with Crippen molar-refractivity contribution in [3.63, 3.8) is 0 Å². The zero-order chi connectivity index (χ0) is 38.2. The van der Waals surface area contributed by atoms with E-state index in [0.717, 1.165) is 56.8 Å². The molecule has 290 valence electrons. The summed E-state index contributed by atoms with van der Waals surface area (Å²) in [6, 6.07) is -2.11. The number of amides is 4. The van der Waals surface area contributed by atoms with Gasteiger partial charge in [0, 0.05) is 65.8 Å². The summed E-state index contributed by atoms with van der Waals surface area (Å²) in [5, 5.41) is 6.74. The molecule has 20 heteroatoms. The van der Waals surface area contributed by atoms with Crippen LogP contribution in [0, 0.1) is 0 Å². The first-order chi connectivity index (χ1) is 26.2. The van der Waals surface area contributed by atoms with Crippen molar-refractivity contribution in [1.29, 1.82) is 0 Å². The fourth-order valence-electron chi connectivity index (χ4n) is 6.68. The molecule has 0 radical (unpaired) electrons. The van der Waals surface area contributed by atoms with Crippen LogP contribution in [-0.2, 0) is 28.5 Å². The summed E-state index contributed by atoms with van der Waals surface area (Å²) in [5.74, 6) is 0.897. The van der Waals surface area contributed by atoms with E-state index in [-0.39, 0.29) is 23.9 Å². The number of nitrogens with one attached hydrogen (secondary N) is 4. The summed E-state index contributed by atoms with van der Waals surface area (Å²) in [6.07, 6.45) is 9.37. The fourth-order valence-corrected chi connectivity index (χ4v) is 8.47. The maximum absolute atomic E-state index is 13.5. The van der Waals surface area contributed by atoms with Crippen LogP contribution in [0.25, 0.3) is 31.2 Å². The number of rotatable bonds is 15. The molecule has 0 aromatic carbocycles. The third-order valence-corrected chi connectivity index (χ3v) is 11.6. The van der Waals surface area contributed by atoms with Crippen molar-refractivity contribution >= 4 is 46.7 Å². The van der Waals surface area contributed by atoms with Gasteiger partial charge in [0.2, 0.25) is 11.8 Å². The van der Waals surface area contributed by atoms with E-state index in [9.17, 15) is 19.2 Å². The average Bonchev–Trinajstić information content (AvgIpc) is 4.03. The van der Waals surface area contributed by atoms with Gasteiger partial charge in [0.25, 0.3) is 0 Å². The van der Waals surface area contributed by atoms with Crippen molar-refractivity contribution in [3.8, 4) is 31.2 Å². The molecule has 2 aliphatic rings. The minimum Gasteiger partial charge on any atom is -0.453 e. The van der Waals surface area contributed by atoms with Crippen molar-refractivity contribution < 1.29 is 38.1 Å². The zero-order valence-electron chi connectivity index (χ0n) is 30.5. The zero-order valence-corrected chi connectivity index (χ0v) is 32.1. The molecule has 2 fully saturated rings. The van der Waals surface area contributed by atoms with Gasteiger partial charge in [-0.1, -0.05) is 0 Å². The van der Waals surface area contributed by atoms with Crippen LogP contribution in [0.2, 0.25) is 0 Å². The lowest BCUT2D eigenvalue weighted by atomic mass is 10.1. The highest BCUT2D eigenvalue weighted by Gasteiger charge is 2.38. The van der Waals surface area contributed by atoms with Gasteiger partial charge in [-0.05, 0) is 25.7 Å². The summed E-state index contributed by atoms with van der Waals surface area (Å²) in [5.41, 5.74) is 1.54. The van der Waals surface area contributed by atoms with Gasteiger partial charge < -0.3 is 49.3 Å². The van der Waals surface area contributed by atoms with Gasteiger partial charge in [0.1, 0.15) is 23.7 Å². The molecular weight excluding hydrogens is 741 g/mol. The number of methoxy groups -OCH3 is 4. The van der Waals surface area contributed by atoms with E-state index in [1.807, 2.05) is 0 Å². The van der Waals surface area contributed by atoms with E-state index in [1.165, 1.54) is 36.9 Å². The smallest absolute Gasteiger partial charge is 0.407 e. The summed E-state index contributed by atoms with van der Waals surface area (Å²) < 4.78 is 19.8. The summed E-state index contributed by atoms with van der Waals surface area (Å²) in [6.45, 7) is 1.69. The highest BCUT2D eigenvalue weighted by Crippen LogP contribution is 2.39. The highest BCUT2D eigenvalue weighted by molar-refractivity contribution is 7.24. The Bertz CT molecular complexity index is 1770. The molecule has 0 aliphatic carbocycles. The Labute approximate surface area is 319 Å². The quantitative estimate of drug-likeness (QED) is 0.135. The second kappa shape index (κ2) is 17.9. The predicted octanol–water partition coefficient (Wildman–Crippen LogP) is 3.90. The summed E-state index contributed by atoms with van der Waals surface area (Å²) >= 11 is 2.94. The van der Waals surface area contributed by atoms with Gasteiger partial charge in [-0.15, -0.1) is 22.7 Å². The van der Waals surface area contributed by atoms with Crippen molar-refractivity contribution in [2.45, 2.75) is 62.7 Å². The SMILES string of the molecule is COCC[C@H](NC(=O)OC)C(=O)N1CCC[C@@H]1c1ncc(-c2cnc(-c3ncc(-c4cnc([C@H]5CCCN5C(=O)[C@H](CCOC)NC(=O)OC)[nH]4)s3)s2)[nH]1. The van der Waals surface area contributed by atoms with Gasteiger partial charge in [-0.3, -0.25) is 9.59 Å². The number of hydrogen-bond acceptors (Lipinski definition) is 14. The van der Waals surface area contributed by atoms with Gasteiger partial charge in [-0.2, -0.15) is 0 Å². The number of carbonyl (C=O) groups is 4. The maximum atomic E-state index is 13.5. The molecule has 6 rings (SSSR count). The van der Waals surface area contributed by atoms with Crippen LogP contribution in [0.1, 0.15) is 62.3 Å². The lowest BCUT2D eigenvalue weighted by molar-refractivity contribution is -0.135. The number of H-pyrrole nitrogens is 2. The molecule has 0 unspecified atom stereocenters. The molecule has 4 aromatic rings. The summed E-state index contributed by atoms with van der Waals surface area (Å²) in [7, 11) is 5.61. The van der Waals surface area contributed by atoms with E-state index in [2.05, 4.69) is 40.5 Å². The Hall–Kier alpha value is -4.92. The van der Waals surface area contributed by atoms with Crippen molar-refractivity contribution in [3.05, 3.63) is 36.4 Å². The normalized spacial score (nSPS) is 18.1. The first-order valence-electron chi connectivity index (χ1n) is 17.5. The van der Waals surface area contributed by atoms with E-state index in [4.69, 9.17) is 18.9 Å². The Kier molecular flexibility index (Phi) is 12.9. The number of nitrogens with zero attached hydrogens (tertiary/aromatic N) is 6. The Morgan fingerprint density at radius 1 is 0.704 bits per heavy atom. The molecule has 4 aromatic heterocycles. The van der Waals surface area contributed by atoms with E-state index in [1.54, 1.807) is 48.8 Å². The van der Waals surface area contributed by atoms with E-state index in [0.29, 0.717) is 50.8 Å². The second-order valence-corrected chi connectivity index (χ2v) is 14.8. The summed E-state index contributed by atoms with van der Waals surface area (Å²) in [4.78, 5) is 81.5. The fraction of sp³-hybridized carbons (Fsp3) is 0.529. The van der Waals surface area contributed by atoms with Gasteiger partial charge in [-0.25, -0.2) is 29.5 Å². The van der Waals surface area contributed by atoms with Crippen LogP contribution in [-0.4, -0.2) is 131 Å². The van der Waals surface area contributed by atoms with Crippen molar-refractivity contribution in [1.82, 2.24) is 50.3 Å². The predicted molar refractivity (Wildman–Crippen MR) is 197 cm³/mol. The van der Waals surface area contributed by atoms with Gasteiger partial charge >= 0.3 is 12.2 Å². The van der Waals surface area contributed by atoms with Crippen LogP contribution in [0.3, 0.4) is 0 Å². The lowest BCUT2D eigenvalue weighted by Gasteiger charge is -2.28. The first kappa shape index (κ1) is 38.8. The first-order valence-corrected chi connectivity index (χ1v) is 19.2. The van der Waals surface area contributed by atoms with Crippen LogP contribution in [0.5, 0.6) is 0 Å². The monoisotopic (exact) mass is 784 g/mol. The number of imidazole rings is 2. The molecule has 4 amide bonds. The number of thiazole rings is 2. The molecule has 0 bridgehead atoms. The van der Waals surface area contributed by atoms with Crippen LogP contribution >= 0.6 is 22.7 Å². The maximum Gasteiger partial charge on any atom is 0.407 e. The number of aromatic nitrogens is 6. The largest absolute Gasteiger partial charge is 0.453 e. The lowest BCUT2D eigenvalue weighted by Crippen LogP contribution is -2.49. The molecule has 54 heavy (non-hydrogen) atoms. The van der Waals surface area contributed by atoms with E-state index < -0.39 is 24.3 Å². The molecule has 0 spiro atoms. The molecule has 0 saturated carbocycles. The number of ether oxygens (including phenoxy) is 4. The molecule has 4 N–H and O–H groups in total. The molecule has 2 saturated heterocycles. The topological polar surface area (TPSA) is 219 Å². The highest BCUT2D eigenvalue weighted by atomic mass is 32.1. The van der Waals surface area contributed by atoms with Crippen molar-refractivity contribution in [2.75, 3.05) is 54.7 Å². The number of alkyl carbamates (subject to hydrolysis) is 2. The van der Waals surface area contributed by atoms with Gasteiger partial charge in [0.05, 0.1) is 59.8 Å². The Morgan fingerprint density at radius 3 is 1.52 bits per heavy atom. The van der Waals surface area contributed by atoms with Crippen LogP contribution in [0.15, 0.2) is 24.8 Å². The second-order valence-electron chi connectivity index (χ2n) is 12.7. The average molecular weight is 785 g/mol. The number of carbonyl (C=O) groups excluding carboxylic acids is 4. The molecule has 18 nitrogen and oxygen atoms in total. The number of likely N-dealkylation sites (tertiary alicyclic amines) is 2. The minimum absolute atomic E-state index is 0.212. The molecule has 2 aliphatic heterocycles. The standard InChI is InChI=1S/C34H44N10O8S2/c1-49-13-9-19(41-33(47)51-3)31(45)43-11-5-7-23(43)27-35-15-21(39-27)25-17-37-29(53-25)30-38-18-26(54-30)22-16-36-28(40-22)24-8-6-12-44(24)32(46)20(10-14-50-2)42-34(48)52-4/h15-20,23-24H,5-14H2,1-4H3,(H,35,39)(H,36,40)(H,41,47)(H,42,48)/t19-,20-,23+,24+/m0/s1.